The Morgan fingerprint density at radius 1 is 1.19 bits per heavy atom. The maximum atomic E-state index is 13.1. The van der Waals surface area contributed by atoms with Gasteiger partial charge in [0.1, 0.15) is 12.3 Å². The summed E-state index contributed by atoms with van der Waals surface area (Å²) in [7, 11) is 0. The third kappa shape index (κ3) is 4.67. The number of aromatic nitrogens is 1. The van der Waals surface area contributed by atoms with Gasteiger partial charge < -0.3 is 10.1 Å². The van der Waals surface area contributed by atoms with Gasteiger partial charge in [0.2, 0.25) is 5.91 Å². The van der Waals surface area contributed by atoms with Crippen molar-refractivity contribution in [2.45, 2.75) is 39.7 Å². The topological polar surface area (TPSA) is 71.5 Å². The van der Waals surface area contributed by atoms with E-state index in [1.54, 1.807) is 16.2 Å². The molecule has 1 N–H and O–H groups in total. The van der Waals surface area contributed by atoms with E-state index in [4.69, 9.17) is 4.74 Å². The standard InChI is InChI=1S/C25H27N3O3S/c1-4-21-25(30)28(15-23(29)26-13-12-18-8-6-5-7-9-18)20-14-19(10-11-22(20)31-21)24-16(2)32-17(3)27-24/h5-11,14,21H,4,12-13,15H2,1-3H3,(H,26,29). The van der Waals surface area contributed by atoms with Gasteiger partial charge in [-0.3, -0.25) is 14.5 Å². The molecule has 7 heteroatoms. The van der Waals surface area contributed by atoms with Crippen LogP contribution in [0.1, 0.15) is 28.8 Å². The zero-order chi connectivity index (χ0) is 22.7. The number of amides is 2. The number of carbonyl (C=O) groups is 2. The van der Waals surface area contributed by atoms with Crippen LogP contribution in [-0.4, -0.2) is 36.0 Å². The SMILES string of the molecule is CCC1Oc2ccc(-c3nc(C)sc3C)cc2N(CC(=O)NCCc2ccccc2)C1=O. The summed E-state index contributed by atoms with van der Waals surface area (Å²) >= 11 is 1.64. The van der Waals surface area contributed by atoms with Gasteiger partial charge in [-0.05, 0) is 50.5 Å². The second-order valence-corrected chi connectivity index (χ2v) is 9.25. The summed E-state index contributed by atoms with van der Waals surface area (Å²) in [5.41, 5.74) is 3.57. The molecule has 0 radical (unpaired) electrons. The molecule has 4 rings (SSSR count). The van der Waals surface area contributed by atoms with Crippen molar-refractivity contribution in [2.24, 2.45) is 0 Å². The summed E-state index contributed by atoms with van der Waals surface area (Å²) in [6.07, 6.45) is 0.690. The lowest BCUT2D eigenvalue weighted by Crippen LogP contribution is -2.49. The van der Waals surface area contributed by atoms with E-state index >= 15 is 0 Å². The normalized spacial score (nSPS) is 15.3. The van der Waals surface area contributed by atoms with Crippen molar-refractivity contribution in [2.75, 3.05) is 18.0 Å². The number of hydrogen-bond donors (Lipinski definition) is 1. The third-order valence-corrected chi connectivity index (χ3v) is 6.37. The lowest BCUT2D eigenvalue weighted by molar-refractivity contribution is -0.129. The van der Waals surface area contributed by atoms with Gasteiger partial charge in [0, 0.05) is 17.0 Å². The Balaban J connectivity index is 1.54. The molecule has 2 aromatic carbocycles. The maximum Gasteiger partial charge on any atom is 0.268 e. The Morgan fingerprint density at radius 3 is 2.66 bits per heavy atom. The number of nitrogens with zero attached hydrogens (tertiary/aromatic N) is 2. The number of rotatable bonds is 7. The molecular formula is C25H27N3O3S. The van der Waals surface area contributed by atoms with Crippen molar-refractivity contribution >= 4 is 28.8 Å². The highest BCUT2D eigenvalue weighted by Crippen LogP contribution is 2.39. The number of benzene rings is 2. The van der Waals surface area contributed by atoms with Gasteiger partial charge >= 0.3 is 0 Å². The summed E-state index contributed by atoms with van der Waals surface area (Å²) in [6.45, 7) is 6.39. The number of ether oxygens (including phenoxy) is 1. The molecule has 0 spiro atoms. The predicted molar refractivity (Wildman–Crippen MR) is 127 cm³/mol. The van der Waals surface area contributed by atoms with Crippen LogP contribution in [-0.2, 0) is 16.0 Å². The Labute approximate surface area is 192 Å². The van der Waals surface area contributed by atoms with E-state index in [2.05, 4.69) is 10.3 Å². The first-order chi connectivity index (χ1) is 15.5. The minimum Gasteiger partial charge on any atom is -0.478 e. The van der Waals surface area contributed by atoms with Crippen LogP contribution in [0.5, 0.6) is 5.75 Å². The zero-order valence-corrected chi connectivity index (χ0v) is 19.4. The van der Waals surface area contributed by atoms with Crippen LogP contribution < -0.4 is 15.0 Å². The van der Waals surface area contributed by atoms with Crippen molar-refractivity contribution in [3.63, 3.8) is 0 Å². The van der Waals surface area contributed by atoms with Crippen LogP contribution in [0.4, 0.5) is 5.69 Å². The summed E-state index contributed by atoms with van der Waals surface area (Å²) in [4.78, 5) is 33.1. The largest absolute Gasteiger partial charge is 0.478 e. The summed E-state index contributed by atoms with van der Waals surface area (Å²) in [5, 5.41) is 3.93. The molecule has 1 aliphatic heterocycles. The minimum absolute atomic E-state index is 0.0426. The van der Waals surface area contributed by atoms with E-state index in [0.29, 0.717) is 24.4 Å². The van der Waals surface area contributed by atoms with Gasteiger partial charge in [-0.25, -0.2) is 4.98 Å². The van der Waals surface area contributed by atoms with E-state index in [9.17, 15) is 9.59 Å². The quantitative estimate of drug-likeness (QED) is 0.584. The number of hydrogen-bond acceptors (Lipinski definition) is 5. The van der Waals surface area contributed by atoms with Crippen molar-refractivity contribution < 1.29 is 14.3 Å². The smallest absolute Gasteiger partial charge is 0.268 e. The third-order valence-electron chi connectivity index (χ3n) is 5.49. The van der Waals surface area contributed by atoms with Crippen molar-refractivity contribution in [1.82, 2.24) is 10.3 Å². The Bertz CT molecular complexity index is 1130. The fourth-order valence-corrected chi connectivity index (χ4v) is 4.72. The molecule has 1 atom stereocenters. The van der Waals surface area contributed by atoms with E-state index in [1.165, 1.54) is 0 Å². The molecule has 3 aromatic rings. The summed E-state index contributed by atoms with van der Waals surface area (Å²) < 4.78 is 5.93. The molecule has 0 bridgehead atoms. The molecule has 166 valence electrons. The van der Waals surface area contributed by atoms with Gasteiger partial charge in [-0.1, -0.05) is 37.3 Å². The molecule has 0 saturated heterocycles. The Kier molecular flexibility index (Phi) is 6.55. The van der Waals surface area contributed by atoms with Gasteiger partial charge in [-0.15, -0.1) is 11.3 Å². The van der Waals surface area contributed by atoms with Crippen LogP contribution in [0.25, 0.3) is 11.3 Å². The monoisotopic (exact) mass is 449 g/mol. The average Bonchev–Trinajstić information content (AvgIpc) is 3.13. The lowest BCUT2D eigenvalue weighted by atomic mass is 10.1. The number of aryl methyl sites for hydroxylation is 2. The van der Waals surface area contributed by atoms with Crippen LogP contribution in [0, 0.1) is 13.8 Å². The Morgan fingerprint density at radius 2 is 1.97 bits per heavy atom. The first kappa shape index (κ1) is 22.0. The van der Waals surface area contributed by atoms with Crippen LogP contribution in [0.3, 0.4) is 0 Å². The fraction of sp³-hybridized carbons (Fsp3) is 0.320. The number of thiazole rings is 1. The molecular weight excluding hydrogens is 422 g/mol. The van der Waals surface area contributed by atoms with Gasteiger partial charge in [0.15, 0.2) is 6.10 Å². The maximum absolute atomic E-state index is 13.1. The van der Waals surface area contributed by atoms with Crippen molar-refractivity contribution in [3.8, 4) is 17.0 Å². The highest BCUT2D eigenvalue weighted by molar-refractivity contribution is 7.11. The summed E-state index contributed by atoms with van der Waals surface area (Å²) in [6, 6.07) is 15.7. The lowest BCUT2D eigenvalue weighted by Gasteiger charge is -2.34. The number of anilines is 1. The minimum atomic E-state index is -0.589. The molecule has 0 aliphatic carbocycles. The first-order valence-electron chi connectivity index (χ1n) is 10.8. The molecule has 1 aromatic heterocycles. The molecule has 2 heterocycles. The van der Waals surface area contributed by atoms with E-state index in [1.807, 2.05) is 69.3 Å². The van der Waals surface area contributed by atoms with E-state index in [-0.39, 0.29) is 18.4 Å². The highest BCUT2D eigenvalue weighted by Gasteiger charge is 2.34. The number of nitrogens with one attached hydrogen (secondary N) is 1. The number of carbonyl (C=O) groups excluding carboxylic acids is 2. The van der Waals surface area contributed by atoms with Crippen molar-refractivity contribution in [1.29, 1.82) is 0 Å². The van der Waals surface area contributed by atoms with E-state index < -0.39 is 6.10 Å². The first-order valence-corrected chi connectivity index (χ1v) is 11.6. The number of fused-ring (bicyclic) bond motifs is 1. The molecule has 0 saturated carbocycles. The second kappa shape index (κ2) is 9.53. The van der Waals surface area contributed by atoms with Gasteiger partial charge in [0.25, 0.3) is 5.91 Å². The van der Waals surface area contributed by atoms with Crippen LogP contribution in [0.2, 0.25) is 0 Å². The molecule has 6 nitrogen and oxygen atoms in total. The van der Waals surface area contributed by atoms with Crippen molar-refractivity contribution in [3.05, 3.63) is 64.0 Å². The Hall–Kier alpha value is -3.19. The van der Waals surface area contributed by atoms with Gasteiger partial charge in [-0.2, -0.15) is 0 Å². The highest BCUT2D eigenvalue weighted by atomic mass is 32.1. The fourth-order valence-electron chi connectivity index (χ4n) is 3.88. The zero-order valence-electron chi connectivity index (χ0n) is 18.6. The molecule has 1 unspecified atom stereocenters. The van der Waals surface area contributed by atoms with E-state index in [0.717, 1.165) is 33.1 Å². The molecule has 1 aliphatic rings. The van der Waals surface area contributed by atoms with Gasteiger partial charge in [0.05, 0.1) is 16.4 Å². The average molecular weight is 450 g/mol. The second-order valence-electron chi connectivity index (χ2n) is 7.84. The summed E-state index contributed by atoms with van der Waals surface area (Å²) in [5.74, 6) is 0.228. The predicted octanol–water partition coefficient (Wildman–Crippen LogP) is 4.29. The molecule has 2 amide bonds. The van der Waals surface area contributed by atoms with Crippen LogP contribution in [0.15, 0.2) is 48.5 Å². The molecule has 0 fully saturated rings. The van der Waals surface area contributed by atoms with Crippen LogP contribution >= 0.6 is 11.3 Å². The molecule has 32 heavy (non-hydrogen) atoms.